The molecule has 6 nitrogen and oxygen atoms in total. The smallest absolute Gasteiger partial charge is 0.224 e. The molecule has 0 spiro atoms. The van der Waals surface area contributed by atoms with Crippen molar-refractivity contribution in [1.29, 1.82) is 0 Å². The van der Waals surface area contributed by atoms with Gasteiger partial charge in [-0.15, -0.1) is 12.4 Å². The van der Waals surface area contributed by atoms with Crippen LogP contribution in [0.15, 0.2) is 4.52 Å². The predicted molar refractivity (Wildman–Crippen MR) is 80.2 cm³/mol. The Morgan fingerprint density at radius 3 is 2.57 bits per heavy atom. The van der Waals surface area contributed by atoms with E-state index < -0.39 is 5.54 Å². The number of carbonyl (C=O) groups excluding carboxylic acids is 1. The van der Waals surface area contributed by atoms with Crippen LogP contribution in [0.2, 0.25) is 0 Å². The van der Waals surface area contributed by atoms with Gasteiger partial charge >= 0.3 is 0 Å². The number of piperidine rings is 1. The van der Waals surface area contributed by atoms with E-state index in [4.69, 9.17) is 4.52 Å². The fraction of sp³-hybridized carbons (Fsp3) is 0.786. The molecular formula is C14H23ClN4O2. The lowest BCUT2D eigenvalue weighted by Gasteiger charge is -2.30. The van der Waals surface area contributed by atoms with Gasteiger partial charge in [0.25, 0.3) is 0 Å². The van der Waals surface area contributed by atoms with Gasteiger partial charge in [0.2, 0.25) is 11.8 Å². The summed E-state index contributed by atoms with van der Waals surface area (Å²) in [5, 5.41) is 10.6. The van der Waals surface area contributed by atoms with Crippen molar-refractivity contribution in [2.24, 2.45) is 5.92 Å². The summed E-state index contributed by atoms with van der Waals surface area (Å²) in [6, 6.07) is 0. The van der Waals surface area contributed by atoms with Crippen molar-refractivity contribution in [3.63, 3.8) is 0 Å². The highest BCUT2D eigenvalue weighted by molar-refractivity contribution is 5.85. The fourth-order valence-electron chi connectivity index (χ4n) is 3.30. The first-order chi connectivity index (χ1) is 9.70. The van der Waals surface area contributed by atoms with Gasteiger partial charge < -0.3 is 15.2 Å². The van der Waals surface area contributed by atoms with Gasteiger partial charge in [-0.25, -0.2) is 0 Å². The second-order valence-corrected chi connectivity index (χ2v) is 5.94. The summed E-state index contributed by atoms with van der Waals surface area (Å²) in [7, 11) is 0. The molecule has 0 aromatic carbocycles. The molecule has 0 atom stereocenters. The summed E-state index contributed by atoms with van der Waals surface area (Å²) >= 11 is 0. The van der Waals surface area contributed by atoms with Gasteiger partial charge in [0.15, 0.2) is 5.82 Å². The van der Waals surface area contributed by atoms with E-state index in [1.807, 2.05) is 0 Å². The number of nitrogens with zero attached hydrogens (tertiary/aromatic N) is 2. The van der Waals surface area contributed by atoms with Gasteiger partial charge in [-0.05, 0) is 38.8 Å². The van der Waals surface area contributed by atoms with Crippen LogP contribution in [-0.2, 0) is 10.3 Å². The molecule has 0 bridgehead atoms. The normalized spacial score (nSPS) is 21.8. The fourth-order valence-corrected chi connectivity index (χ4v) is 3.30. The first kappa shape index (κ1) is 16.2. The van der Waals surface area contributed by atoms with Crippen LogP contribution in [0, 0.1) is 12.8 Å². The number of amides is 1. The molecule has 2 fully saturated rings. The van der Waals surface area contributed by atoms with Crippen molar-refractivity contribution < 1.29 is 9.32 Å². The zero-order valence-corrected chi connectivity index (χ0v) is 13.2. The molecule has 21 heavy (non-hydrogen) atoms. The molecule has 1 aliphatic heterocycles. The Balaban J connectivity index is 0.00000161. The highest BCUT2D eigenvalue weighted by Crippen LogP contribution is 2.37. The molecule has 1 saturated heterocycles. The number of aromatic nitrogens is 2. The number of rotatable bonds is 3. The highest BCUT2D eigenvalue weighted by atomic mass is 35.5. The van der Waals surface area contributed by atoms with Crippen LogP contribution in [0.4, 0.5) is 0 Å². The molecule has 0 radical (unpaired) electrons. The Morgan fingerprint density at radius 1 is 1.33 bits per heavy atom. The van der Waals surface area contributed by atoms with Crippen molar-refractivity contribution >= 4 is 18.3 Å². The third kappa shape index (κ3) is 3.37. The van der Waals surface area contributed by atoms with E-state index in [0.717, 1.165) is 51.6 Å². The zero-order chi connectivity index (χ0) is 14.0. The Bertz CT molecular complexity index is 479. The van der Waals surface area contributed by atoms with Crippen LogP contribution in [0.5, 0.6) is 0 Å². The molecule has 1 aliphatic carbocycles. The lowest BCUT2D eigenvalue weighted by molar-refractivity contribution is -0.128. The van der Waals surface area contributed by atoms with Crippen LogP contribution in [0.1, 0.15) is 50.2 Å². The molecule has 2 heterocycles. The van der Waals surface area contributed by atoms with Crippen LogP contribution in [-0.4, -0.2) is 29.1 Å². The maximum absolute atomic E-state index is 12.5. The van der Waals surface area contributed by atoms with E-state index in [1.54, 1.807) is 6.92 Å². The lowest BCUT2D eigenvalue weighted by atomic mass is 9.92. The van der Waals surface area contributed by atoms with Gasteiger partial charge in [-0.3, -0.25) is 4.79 Å². The summed E-state index contributed by atoms with van der Waals surface area (Å²) in [6.07, 6.45) is 5.83. The van der Waals surface area contributed by atoms with Gasteiger partial charge in [0.1, 0.15) is 5.54 Å². The summed E-state index contributed by atoms with van der Waals surface area (Å²) < 4.78 is 5.11. The maximum Gasteiger partial charge on any atom is 0.224 e. The molecule has 2 N–H and O–H groups in total. The monoisotopic (exact) mass is 314 g/mol. The average Bonchev–Trinajstić information content (AvgIpc) is 3.10. The van der Waals surface area contributed by atoms with Gasteiger partial charge in [0, 0.05) is 12.8 Å². The van der Waals surface area contributed by atoms with Crippen molar-refractivity contribution in [3.8, 4) is 0 Å². The molecule has 2 aliphatic rings. The predicted octanol–water partition coefficient (Wildman–Crippen LogP) is 1.68. The lowest BCUT2D eigenvalue weighted by Crippen LogP contribution is -2.48. The minimum atomic E-state index is -0.403. The Morgan fingerprint density at radius 2 is 2.00 bits per heavy atom. The second-order valence-electron chi connectivity index (χ2n) is 5.94. The van der Waals surface area contributed by atoms with E-state index in [2.05, 4.69) is 20.8 Å². The molecule has 1 aromatic rings. The SMILES string of the molecule is Cc1nc(C2(NC(=O)C3CCNCC3)CCCC2)no1.Cl. The average molecular weight is 315 g/mol. The van der Waals surface area contributed by atoms with E-state index >= 15 is 0 Å². The van der Waals surface area contributed by atoms with Crippen molar-refractivity contribution in [1.82, 2.24) is 20.8 Å². The van der Waals surface area contributed by atoms with Crippen LogP contribution in [0.25, 0.3) is 0 Å². The number of aryl methyl sites for hydroxylation is 1. The zero-order valence-electron chi connectivity index (χ0n) is 12.4. The number of carbonyl (C=O) groups is 1. The topological polar surface area (TPSA) is 80.0 Å². The Hall–Kier alpha value is -1.14. The van der Waals surface area contributed by atoms with Crippen molar-refractivity contribution in [2.75, 3.05) is 13.1 Å². The van der Waals surface area contributed by atoms with Gasteiger partial charge in [0.05, 0.1) is 0 Å². The summed E-state index contributed by atoms with van der Waals surface area (Å²) in [6.45, 7) is 3.63. The van der Waals surface area contributed by atoms with Gasteiger partial charge in [-0.2, -0.15) is 4.98 Å². The summed E-state index contributed by atoms with van der Waals surface area (Å²) in [5.41, 5.74) is -0.403. The number of halogens is 1. The molecule has 0 unspecified atom stereocenters. The first-order valence-electron chi connectivity index (χ1n) is 7.53. The highest BCUT2D eigenvalue weighted by Gasteiger charge is 2.42. The third-order valence-corrected chi connectivity index (χ3v) is 4.49. The number of hydrogen-bond donors (Lipinski definition) is 2. The Kier molecular flexibility index (Phi) is 5.22. The minimum Gasteiger partial charge on any atom is -0.343 e. The first-order valence-corrected chi connectivity index (χ1v) is 7.53. The number of hydrogen-bond acceptors (Lipinski definition) is 5. The van der Waals surface area contributed by atoms with Crippen molar-refractivity contribution in [3.05, 3.63) is 11.7 Å². The molecule has 7 heteroatoms. The van der Waals surface area contributed by atoms with Crippen molar-refractivity contribution in [2.45, 2.75) is 51.0 Å². The second kappa shape index (κ2) is 6.75. The number of nitrogens with one attached hydrogen (secondary N) is 2. The van der Waals surface area contributed by atoms with E-state index in [1.165, 1.54) is 0 Å². The maximum atomic E-state index is 12.5. The molecule has 1 saturated carbocycles. The molecule has 3 rings (SSSR count). The van der Waals surface area contributed by atoms with Crippen LogP contribution in [0.3, 0.4) is 0 Å². The largest absolute Gasteiger partial charge is 0.343 e. The molecule has 118 valence electrons. The standard InChI is InChI=1S/C14H22N4O2.ClH/c1-10-16-13(18-20-10)14(6-2-3-7-14)17-12(19)11-4-8-15-9-5-11;/h11,15H,2-9H2,1H3,(H,17,19);1H. The molecule has 1 aromatic heterocycles. The van der Waals surface area contributed by atoms with E-state index in [-0.39, 0.29) is 24.2 Å². The quantitative estimate of drug-likeness (QED) is 0.887. The molecule has 1 amide bonds. The summed E-state index contributed by atoms with van der Waals surface area (Å²) in [4.78, 5) is 16.9. The minimum absolute atomic E-state index is 0. The van der Waals surface area contributed by atoms with E-state index in [0.29, 0.717) is 11.7 Å². The Labute approximate surface area is 130 Å². The molecular weight excluding hydrogens is 292 g/mol. The third-order valence-electron chi connectivity index (χ3n) is 4.49. The van der Waals surface area contributed by atoms with E-state index in [9.17, 15) is 4.79 Å². The summed E-state index contributed by atoms with van der Waals surface area (Å²) in [5.74, 6) is 1.47. The van der Waals surface area contributed by atoms with Crippen LogP contribution >= 0.6 is 12.4 Å². The van der Waals surface area contributed by atoms with Gasteiger partial charge in [-0.1, -0.05) is 18.0 Å². The van der Waals surface area contributed by atoms with Crippen LogP contribution < -0.4 is 10.6 Å².